The lowest BCUT2D eigenvalue weighted by atomic mass is 10.2. The molecule has 5 nitrogen and oxygen atoms in total. The average molecular weight is 320 g/mol. The Labute approximate surface area is 128 Å². The summed E-state index contributed by atoms with van der Waals surface area (Å²) in [5.41, 5.74) is 0.254. The molecule has 0 unspecified atom stereocenters. The lowest BCUT2D eigenvalue weighted by molar-refractivity contribution is -0.137. The molecule has 0 saturated carbocycles. The van der Waals surface area contributed by atoms with Crippen LogP contribution in [-0.4, -0.2) is 20.3 Å². The highest BCUT2D eigenvalue weighted by atomic mass is 19.4. The largest absolute Gasteiger partial charge is 0.417 e. The van der Waals surface area contributed by atoms with Gasteiger partial charge in [-0.1, -0.05) is 0 Å². The third kappa shape index (κ3) is 2.87. The number of pyridine rings is 2. The van der Waals surface area contributed by atoms with Gasteiger partial charge in [-0.15, -0.1) is 0 Å². The predicted molar refractivity (Wildman–Crippen MR) is 77.1 cm³/mol. The van der Waals surface area contributed by atoms with Crippen LogP contribution in [0, 0.1) is 6.92 Å². The number of carbonyl (C=O) groups excluding carboxylic acids is 1. The number of halogens is 3. The Kier molecular flexibility index (Phi) is 3.51. The van der Waals surface area contributed by atoms with Gasteiger partial charge in [0.05, 0.1) is 23.1 Å². The van der Waals surface area contributed by atoms with E-state index in [4.69, 9.17) is 0 Å². The van der Waals surface area contributed by atoms with Crippen LogP contribution in [0.5, 0.6) is 0 Å². The Morgan fingerprint density at radius 1 is 1.26 bits per heavy atom. The van der Waals surface area contributed by atoms with Crippen LogP contribution in [0.25, 0.3) is 5.65 Å². The molecule has 118 valence electrons. The van der Waals surface area contributed by atoms with Crippen molar-refractivity contribution in [3.63, 3.8) is 0 Å². The van der Waals surface area contributed by atoms with Crippen molar-refractivity contribution in [1.82, 2.24) is 14.4 Å². The fourth-order valence-corrected chi connectivity index (χ4v) is 2.23. The summed E-state index contributed by atoms with van der Waals surface area (Å²) >= 11 is 0. The first-order valence-electron chi connectivity index (χ1n) is 6.63. The quantitative estimate of drug-likeness (QED) is 0.788. The van der Waals surface area contributed by atoms with Crippen LogP contribution in [-0.2, 0) is 6.18 Å². The van der Waals surface area contributed by atoms with Crippen molar-refractivity contribution in [2.45, 2.75) is 13.1 Å². The van der Waals surface area contributed by atoms with Crippen molar-refractivity contribution < 1.29 is 18.0 Å². The molecule has 0 radical (unpaired) electrons. The minimum absolute atomic E-state index is 0.0509. The van der Waals surface area contributed by atoms with E-state index in [0.29, 0.717) is 11.4 Å². The smallest absolute Gasteiger partial charge is 0.319 e. The van der Waals surface area contributed by atoms with Crippen molar-refractivity contribution in [2.24, 2.45) is 0 Å². The molecule has 0 aliphatic heterocycles. The van der Waals surface area contributed by atoms with Gasteiger partial charge < -0.3 is 5.32 Å². The van der Waals surface area contributed by atoms with Crippen molar-refractivity contribution >= 4 is 17.2 Å². The highest BCUT2D eigenvalue weighted by Crippen LogP contribution is 2.29. The first kappa shape index (κ1) is 15.0. The van der Waals surface area contributed by atoms with E-state index in [1.807, 2.05) is 0 Å². The fraction of sp³-hybridized carbons (Fsp3) is 0.133. The summed E-state index contributed by atoms with van der Waals surface area (Å²) in [6, 6.07) is 5.44. The summed E-state index contributed by atoms with van der Waals surface area (Å²) in [4.78, 5) is 20.4. The van der Waals surface area contributed by atoms with Gasteiger partial charge >= 0.3 is 6.18 Å². The minimum Gasteiger partial charge on any atom is -0.319 e. The number of anilines is 1. The van der Waals surface area contributed by atoms with E-state index >= 15 is 0 Å². The minimum atomic E-state index is -4.50. The molecule has 0 bridgehead atoms. The van der Waals surface area contributed by atoms with Crippen LogP contribution in [0.3, 0.4) is 0 Å². The zero-order valence-corrected chi connectivity index (χ0v) is 11.9. The molecule has 0 atom stereocenters. The number of amides is 1. The number of alkyl halides is 3. The third-order valence-corrected chi connectivity index (χ3v) is 3.25. The molecule has 1 N–H and O–H groups in total. The van der Waals surface area contributed by atoms with Gasteiger partial charge in [0.1, 0.15) is 11.3 Å². The summed E-state index contributed by atoms with van der Waals surface area (Å²) in [5.74, 6) is -0.553. The first-order chi connectivity index (χ1) is 10.9. The van der Waals surface area contributed by atoms with E-state index in [-0.39, 0.29) is 11.3 Å². The molecule has 0 aliphatic rings. The van der Waals surface area contributed by atoms with Crippen molar-refractivity contribution in [1.29, 1.82) is 0 Å². The fourth-order valence-electron chi connectivity index (χ4n) is 2.23. The van der Waals surface area contributed by atoms with Gasteiger partial charge in [0, 0.05) is 12.4 Å². The lowest BCUT2D eigenvalue weighted by Crippen LogP contribution is -2.16. The number of imidazole rings is 1. The average Bonchev–Trinajstić information content (AvgIpc) is 2.82. The standard InChI is InChI=1S/C15H11F3N4O/c1-9-13(14(23)21-11-3-2-6-19-7-11)22-8-10(15(16,17)18)4-5-12(22)20-9/h2-8H,1H3,(H,21,23). The number of aryl methyl sites for hydroxylation is 1. The summed E-state index contributed by atoms with van der Waals surface area (Å²) in [6.45, 7) is 1.57. The molecule has 0 fully saturated rings. The second-order valence-electron chi connectivity index (χ2n) is 4.89. The van der Waals surface area contributed by atoms with Crippen LogP contribution in [0.2, 0.25) is 0 Å². The molecular formula is C15H11F3N4O. The lowest BCUT2D eigenvalue weighted by Gasteiger charge is -2.09. The molecule has 8 heteroatoms. The van der Waals surface area contributed by atoms with Crippen LogP contribution in [0.1, 0.15) is 21.7 Å². The Bertz CT molecular complexity index is 872. The maximum absolute atomic E-state index is 12.9. The summed E-state index contributed by atoms with van der Waals surface area (Å²) in [7, 11) is 0. The molecule has 0 aromatic carbocycles. The molecule has 0 spiro atoms. The van der Waals surface area contributed by atoms with Gasteiger partial charge in [-0.25, -0.2) is 4.98 Å². The van der Waals surface area contributed by atoms with Crippen LogP contribution in [0.4, 0.5) is 18.9 Å². The number of hydrogen-bond acceptors (Lipinski definition) is 3. The summed E-state index contributed by atoms with van der Waals surface area (Å²) in [5, 5.41) is 2.59. The maximum Gasteiger partial charge on any atom is 0.417 e. The summed E-state index contributed by atoms with van der Waals surface area (Å²) in [6.07, 6.45) is -0.640. The highest BCUT2D eigenvalue weighted by Gasteiger charge is 2.31. The van der Waals surface area contributed by atoms with Gasteiger partial charge in [-0.3, -0.25) is 14.2 Å². The maximum atomic E-state index is 12.9. The van der Waals surface area contributed by atoms with Crippen molar-refractivity contribution in [2.75, 3.05) is 5.32 Å². The number of nitrogens with one attached hydrogen (secondary N) is 1. The van der Waals surface area contributed by atoms with Gasteiger partial charge in [0.15, 0.2) is 0 Å². The van der Waals surface area contributed by atoms with Gasteiger partial charge in [0.25, 0.3) is 5.91 Å². The van der Waals surface area contributed by atoms with E-state index < -0.39 is 17.6 Å². The van der Waals surface area contributed by atoms with Gasteiger partial charge in [-0.05, 0) is 31.2 Å². The Hall–Kier alpha value is -2.90. The second-order valence-corrected chi connectivity index (χ2v) is 4.89. The van der Waals surface area contributed by atoms with E-state index in [1.165, 1.54) is 12.3 Å². The van der Waals surface area contributed by atoms with Crippen molar-refractivity contribution in [3.8, 4) is 0 Å². The number of rotatable bonds is 2. The number of nitrogens with zero attached hydrogens (tertiary/aromatic N) is 3. The van der Waals surface area contributed by atoms with Crippen LogP contribution < -0.4 is 5.32 Å². The first-order valence-corrected chi connectivity index (χ1v) is 6.63. The number of aromatic nitrogens is 3. The molecular weight excluding hydrogens is 309 g/mol. The molecule has 3 rings (SSSR count). The zero-order valence-electron chi connectivity index (χ0n) is 11.9. The van der Waals surface area contributed by atoms with E-state index in [0.717, 1.165) is 16.7 Å². The van der Waals surface area contributed by atoms with E-state index in [9.17, 15) is 18.0 Å². The number of fused-ring (bicyclic) bond motifs is 1. The SMILES string of the molecule is Cc1nc2ccc(C(F)(F)F)cn2c1C(=O)Nc1cccnc1. The summed E-state index contributed by atoms with van der Waals surface area (Å²) < 4.78 is 39.7. The van der Waals surface area contributed by atoms with Gasteiger partial charge in [0.2, 0.25) is 0 Å². The normalized spacial score (nSPS) is 11.7. The molecule has 1 amide bonds. The second kappa shape index (κ2) is 5.38. The van der Waals surface area contributed by atoms with Crippen molar-refractivity contribution in [3.05, 3.63) is 59.8 Å². The van der Waals surface area contributed by atoms with E-state index in [2.05, 4.69) is 15.3 Å². The topological polar surface area (TPSA) is 59.3 Å². The molecule has 0 aliphatic carbocycles. The Morgan fingerprint density at radius 3 is 2.70 bits per heavy atom. The number of carbonyl (C=O) groups is 1. The Morgan fingerprint density at radius 2 is 2.04 bits per heavy atom. The molecule has 3 aromatic heterocycles. The predicted octanol–water partition coefficient (Wildman–Crippen LogP) is 3.31. The molecule has 0 saturated heterocycles. The third-order valence-electron chi connectivity index (χ3n) is 3.25. The van der Waals surface area contributed by atoms with Crippen LogP contribution >= 0.6 is 0 Å². The number of hydrogen-bond donors (Lipinski definition) is 1. The van der Waals surface area contributed by atoms with Crippen LogP contribution in [0.15, 0.2) is 42.9 Å². The monoisotopic (exact) mass is 320 g/mol. The van der Waals surface area contributed by atoms with Gasteiger partial charge in [-0.2, -0.15) is 13.2 Å². The Balaban J connectivity index is 2.05. The molecule has 3 aromatic rings. The van der Waals surface area contributed by atoms with E-state index in [1.54, 1.807) is 25.3 Å². The highest BCUT2D eigenvalue weighted by molar-refractivity contribution is 6.04. The molecule has 3 heterocycles. The molecule has 23 heavy (non-hydrogen) atoms. The zero-order chi connectivity index (χ0) is 16.6.